The van der Waals surface area contributed by atoms with E-state index in [1.807, 2.05) is 6.07 Å². The van der Waals surface area contributed by atoms with Crippen LogP contribution in [-0.4, -0.2) is 27.1 Å². The number of hydrogen-bond donors (Lipinski definition) is 0. The number of nitro groups is 1. The largest absolute Gasteiger partial charge is 0.315 e. The molecular formula is C15H15N3O2S. The number of nitro benzene ring substituents is 1. The summed E-state index contributed by atoms with van der Waals surface area (Å²) in [5.41, 5.74) is 2.12. The van der Waals surface area contributed by atoms with Crippen LogP contribution in [0.15, 0.2) is 34.7 Å². The lowest BCUT2D eigenvalue weighted by Gasteiger charge is -2.32. The maximum atomic E-state index is 11.0. The van der Waals surface area contributed by atoms with Gasteiger partial charge in [-0.2, -0.15) is 0 Å². The Morgan fingerprint density at radius 1 is 1.33 bits per heavy atom. The molecule has 4 rings (SSSR count). The second-order valence-electron chi connectivity index (χ2n) is 5.63. The summed E-state index contributed by atoms with van der Waals surface area (Å²) in [6.07, 6.45) is 4.82. The molecule has 2 atom stereocenters. The molecule has 0 aromatic heterocycles. The van der Waals surface area contributed by atoms with Crippen molar-refractivity contribution >= 4 is 28.3 Å². The molecule has 1 fully saturated rings. The number of benzene rings is 1. The molecule has 0 amide bonds. The number of fused-ring (bicyclic) bond motifs is 3. The number of non-ortho nitro benzene ring substituents is 1. The summed E-state index contributed by atoms with van der Waals surface area (Å²) in [6, 6.07) is 7.74. The molecule has 5 nitrogen and oxygen atoms in total. The van der Waals surface area contributed by atoms with Crippen LogP contribution in [0.1, 0.15) is 31.2 Å². The molecule has 1 aromatic carbocycles. The lowest BCUT2D eigenvalue weighted by atomic mass is 9.90. The summed E-state index contributed by atoms with van der Waals surface area (Å²) in [5.74, 6) is 0. The highest BCUT2D eigenvalue weighted by atomic mass is 32.2. The molecule has 3 aliphatic rings. The monoisotopic (exact) mass is 301 g/mol. The van der Waals surface area contributed by atoms with Crippen molar-refractivity contribution in [1.29, 1.82) is 0 Å². The van der Waals surface area contributed by atoms with Gasteiger partial charge in [-0.05, 0) is 12.8 Å². The van der Waals surface area contributed by atoms with E-state index in [-0.39, 0.29) is 10.6 Å². The predicted octanol–water partition coefficient (Wildman–Crippen LogP) is 3.62. The zero-order chi connectivity index (χ0) is 14.4. The molecule has 1 aliphatic carbocycles. The van der Waals surface area contributed by atoms with Crippen molar-refractivity contribution < 1.29 is 4.92 Å². The van der Waals surface area contributed by atoms with Gasteiger partial charge in [-0.25, -0.2) is 0 Å². The minimum absolute atomic E-state index is 0.142. The zero-order valence-corrected chi connectivity index (χ0v) is 12.3. The van der Waals surface area contributed by atoms with Crippen LogP contribution >= 0.6 is 11.8 Å². The number of amidine groups is 1. The third-order valence-electron chi connectivity index (χ3n) is 4.40. The number of thioether (sulfide) groups is 1. The van der Waals surface area contributed by atoms with Crippen LogP contribution in [0.2, 0.25) is 0 Å². The van der Waals surface area contributed by atoms with Gasteiger partial charge in [0.05, 0.1) is 22.7 Å². The second kappa shape index (κ2) is 4.87. The Hall–Kier alpha value is -1.82. The summed E-state index contributed by atoms with van der Waals surface area (Å²) in [7, 11) is 0. The molecule has 108 valence electrons. The van der Waals surface area contributed by atoms with Crippen LogP contribution in [0.5, 0.6) is 0 Å². The van der Waals surface area contributed by atoms with Crippen molar-refractivity contribution in [3.8, 4) is 0 Å². The van der Waals surface area contributed by atoms with Crippen LogP contribution in [0, 0.1) is 10.1 Å². The fourth-order valence-corrected chi connectivity index (χ4v) is 4.42. The topological polar surface area (TPSA) is 58.7 Å². The highest BCUT2D eigenvalue weighted by molar-refractivity contribution is 8.16. The van der Waals surface area contributed by atoms with E-state index < -0.39 is 0 Å². The molecule has 0 spiro atoms. The lowest BCUT2D eigenvalue weighted by Crippen LogP contribution is -2.38. The summed E-state index contributed by atoms with van der Waals surface area (Å²) in [4.78, 5) is 17.8. The number of aliphatic imine (C=N–C) groups is 1. The fraction of sp³-hybridized carbons (Fsp3) is 0.400. The second-order valence-corrected chi connectivity index (χ2v) is 6.47. The highest BCUT2D eigenvalue weighted by Crippen LogP contribution is 2.44. The number of rotatable bonds is 2. The molecule has 0 radical (unpaired) electrons. The van der Waals surface area contributed by atoms with Gasteiger partial charge in [-0.1, -0.05) is 36.7 Å². The summed E-state index contributed by atoms with van der Waals surface area (Å²) < 4.78 is 0. The first-order chi connectivity index (χ1) is 10.2. The fourth-order valence-electron chi connectivity index (χ4n) is 3.41. The molecule has 0 unspecified atom stereocenters. The van der Waals surface area contributed by atoms with Gasteiger partial charge in [-0.3, -0.25) is 15.1 Å². The van der Waals surface area contributed by atoms with E-state index in [1.165, 1.54) is 18.9 Å². The van der Waals surface area contributed by atoms with E-state index in [2.05, 4.69) is 10.3 Å². The molecule has 6 heteroatoms. The molecule has 0 bridgehead atoms. The smallest absolute Gasteiger partial charge is 0.270 e. The molecular weight excluding hydrogens is 286 g/mol. The molecule has 2 heterocycles. The van der Waals surface area contributed by atoms with Crippen molar-refractivity contribution in [3.63, 3.8) is 0 Å². The van der Waals surface area contributed by atoms with Gasteiger partial charge in [0.2, 0.25) is 0 Å². The van der Waals surface area contributed by atoms with Crippen LogP contribution < -0.4 is 0 Å². The third-order valence-corrected chi connectivity index (χ3v) is 5.25. The Morgan fingerprint density at radius 3 is 3.05 bits per heavy atom. The minimum atomic E-state index is -0.339. The van der Waals surface area contributed by atoms with Gasteiger partial charge in [0.1, 0.15) is 0 Å². The van der Waals surface area contributed by atoms with Crippen LogP contribution in [-0.2, 0) is 0 Å². The summed E-state index contributed by atoms with van der Waals surface area (Å²) >= 11 is 1.64. The quantitative estimate of drug-likeness (QED) is 0.618. The average molecular weight is 301 g/mol. The van der Waals surface area contributed by atoms with E-state index in [4.69, 9.17) is 4.99 Å². The van der Waals surface area contributed by atoms with Crippen molar-refractivity contribution in [3.05, 3.63) is 45.4 Å². The van der Waals surface area contributed by atoms with Crippen molar-refractivity contribution in [2.24, 2.45) is 4.99 Å². The lowest BCUT2D eigenvalue weighted by molar-refractivity contribution is -0.384. The molecule has 0 N–H and O–H groups in total. The number of hydrogen-bond acceptors (Lipinski definition) is 5. The van der Waals surface area contributed by atoms with Crippen LogP contribution in [0.4, 0.5) is 5.69 Å². The van der Waals surface area contributed by atoms with Gasteiger partial charge in [0.25, 0.3) is 5.69 Å². The molecule has 2 aliphatic heterocycles. The predicted molar refractivity (Wildman–Crippen MR) is 84.0 cm³/mol. The van der Waals surface area contributed by atoms with E-state index in [0.29, 0.717) is 12.1 Å². The zero-order valence-electron chi connectivity index (χ0n) is 11.4. The maximum Gasteiger partial charge on any atom is 0.270 e. The van der Waals surface area contributed by atoms with E-state index in [9.17, 15) is 10.1 Å². The Kier molecular flexibility index (Phi) is 2.99. The Balaban J connectivity index is 1.69. The van der Waals surface area contributed by atoms with Gasteiger partial charge in [0, 0.05) is 23.1 Å². The van der Waals surface area contributed by atoms with Crippen molar-refractivity contribution in [1.82, 2.24) is 4.90 Å². The molecule has 1 aromatic rings. The highest BCUT2D eigenvalue weighted by Gasteiger charge is 2.42. The van der Waals surface area contributed by atoms with Crippen molar-refractivity contribution in [2.75, 3.05) is 0 Å². The molecule has 1 saturated carbocycles. The summed E-state index contributed by atoms with van der Waals surface area (Å²) in [5, 5.41) is 14.1. The van der Waals surface area contributed by atoms with Gasteiger partial charge < -0.3 is 4.90 Å². The van der Waals surface area contributed by atoms with Gasteiger partial charge in [0.15, 0.2) is 5.17 Å². The van der Waals surface area contributed by atoms with Gasteiger partial charge in [-0.15, -0.1) is 0 Å². The SMILES string of the molecule is O=[N+]([O-])c1cccc(C2=CSC3=N[C@@H]4CCCC[C@@H]4N23)c1. The first-order valence-electron chi connectivity index (χ1n) is 7.23. The normalized spacial score (nSPS) is 27.0. The standard InChI is InChI=1S/C15H15N3O2S/c19-18(20)11-5-3-4-10(8-11)14-9-21-15-16-12-6-1-2-7-13(12)17(14)15/h3-5,8-9,12-13H,1-2,6-7H2/t12-,13+/m1/s1. The van der Waals surface area contributed by atoms with E-state index in [1.54, 1.807) is 23.9 Å². The van der Waals surface area contributed by atoms with Crippen LogP contribution in [0.3, 0.4) is 0 Å². The Bertz CT molecular complexity index is 671. The molecule has 0 saturated heterocycles. The van der Waals surface area contributed by atoms with Gasteiger partial charge >= 0.3 is 0 Å². The maximum absolute atomic E-state index is 11.0. The minimum Gasteiger partial charge on any atom is -0.315 e. The average Bonchev–Trinajstić information content (AvgIpc) is 3.06. The van der Waals surface area contributed by atoms with Crippen molar-refractivity contribution in [2.45, 2.75) is 37.8 Å². The third kappa shape index (κ3) is 2.05. The number of nitrogens with zero attached hydrogens (tertiary/aromatic N) is 3. The van der Waals surface area contributed by atoms with E-state index in [0.717, 1.165) is 29.3 Å². The Labute approximate surface area is 126 Å². The molecule has 21 heavy (non-hydrogen) atoms. The first kappa shape index (κ1) is 12.9. The first-order valence-corrected chi connectivity index (χ1v) is 8.11. The van der Waals surface area contributed by atoms with E-state index >= 15 is 0 Å². The Morgan fingerprint density at radius 2 is 2.19 bits per heavy atom. The van der Waals surface area contributed by atoms with Crippen LogP contribution in [0.25, 0.3) is 5.70 Å². The summed E-state index contributed by atoms with van der Waals surface area (Å²) in [6.45, 7) is 0.